The first kappa shape index (κ1) is 17.0. The molecule has 1 aromatic carbocycles. The minimum absolute atomic E-state index is 0.324. The Morgan fingerprint density at radius 1 is 1.12 bits per heavy atom. The Labute approximate surface area is 155 Å². The Morgan fingerprint density at radius 3 is 2.64 bits per heavy atom. The van der Waals surface area contributed by atoms with E-state index in [4.69, 9.17) is 11.6 Å². The summed E-state index contributed by atoms with van der Waals surface area (Å²) in [6, 6.07) is 15.6. The Kier molecular flexibility index (Phi) is 5.07. The van der Waals surface area contributed by atoms with Crippen molar-refractivity contribution in [2.45, 2.75) is 37.6 Å². The molecular weight excluding hydrogens is 330 g/mol. The molecule has 25 heavy (non-hydrogen) atoms. The second kappa shape index (κ2) is 7.45. The maximum atomic E-state index is 5.94. The second-order valence-electron chi connectivity index (χ2n) is 7.66. The minimum atomic E-state index is 0.324. The topological polar surface area (TPSA) is 37.0 Å². The normalized spacial score (nSPS) is 24.8. The zero-order chi connectivity index (χ0) is 17.1. The van der Waals surface area contributed by atoms with Crippen molar-refractivity contribution in [2.75, 3.05) is 19.6 Å². The molecule has 2 fully saturated rings. The summed E-state index contributed by atoms with van der Waals surface area (Å²) < 4.78 is 0. The molecule has 1 unspecified atom stereocenters. The molecule has 1 saturated heterocycles. The van der Waals surface area contributed by atoms with Crippen molar-refractivity contribution in [1.29, 1.82) is 0 Å². The highest BCUT2D eigenvalue weighted by Crippen LogP contribution is 2.42. The summed E-state index contributed by atoms with van der Waals surface area (Å²) in [6.45, 7) is 3.30. The molecule has 1 aliphatic heterocycles. The third-order valence-electron chi connectivity index (χ3n) is 5.79. The van der Waals surface area contributed by atoms with Gasteiger partial charge in [0.15, 0.2) is 0 Å². The highest BCUT2D eigenvalue weighted by molar-refractivity contribution is 6.29. The monoisotopic (exact) mass is 355 g/mol. The molecule has 0 radical (unpaired) electrons. The first-order valence-electron chi connectivity index (χ1n) is 9.34. The van der Waals surface area contributed by atoms with Crippen LogP contribution in [0.1, 0.15) is 36.3 Å². The van der Waals surface area contributed by atoms with Crippen LogP contribution in [-0.2, 0) is 6.42 Å². The highest BCUT2D eigenvalue weighted by atomic mass is 35.5. The van der Waals surface area contributed by atoms with E-state index in [0.29, 0.717) is 22.5 Å². The van der Waals surface area contributed by atoms with Gasteiger partial charge in [-0.3, -0.25) is 0 Å². The molecule has 2 aromatic rings. The van der Waals surface area contributed by atoms with Gasteiger partial charge in [-0.1, -0.05) is 48.0 Å². The molecule has 2 aliphatic rings. The van der Waals surface area contributed by atoms with Crippen LogP contribution < -0.4 is 10.6 Å². The van der Waals surface area contributed by atoms with Crippen molar-refractivity contribution < 1.29 is 0 Å². The minimum Gasteiger partial charge on any atom is -0.317 e. The molecule has 0 bridgehead atoms. The van der Waals surface area contributed by atoms with Crippen LogP contribution in [0, 0.1) is 5.41 Å². The van der Waals surface area contributed by atoms with Crippen LogP contribution in [0.3, 0.4) is 0 Å². The summed E-state index contributed by atoms with van der Waals surface area (Å²) in [5.41, 5.74) is 3.09. The van der Waals surface area contributed by atoms with Gasteiger partial charge in [-0.25, -0.2) is 4.98 Å². The quantitative estimate of drug-likeness (QED) is 0.774. The molecule has 2 N–H and O–H groups in total. The van der Waals surface area contributed by atoms with Crippen LogP contribution >= 0.6 is 11.6 Å². The van der Waals surface area contributed by atoms with E-state index < -0.39 is 0 Å². The fourth-order valence-electron chi connectivity index (χ4n) is 4.15. The summed E-state index contributed by atoms with van der Waals surface area (Å²) in [5, 5.41) is 7.95. The molecule has 3 nitrogen and oxygen atoms in total. The Morgan fingerprint density at radius 2 is 1.92 bits per heavy atom. The number of nitrogens with one attached hydrogen (secondary N) is 2. The SMILES string of the molecule is Clc1ccc(CC2(CN[C@@H]3CC3c3ccccc3)CCNCC2)cn1. The van der Waals surface area contributed by atoms with Crippen molar-refractivity contribution in [2.24, 2.45) is 5.41 Å². The van der Waals surface area contributed by atoms with Gasteiger partial charge in [0.05, 0.1) is 0 Å². The van der Waals surface area contributed by atoms with Gasteiger partial charge < -0.3 is 10.6 Å². The van der Waals surface area contributed by atoms with Gasteiger partial charge in [0.25, 0.3) is 0 Å². The molecule has 132 valence electrons. The second-order valence-corrected chi connectivity index (χ2v) is 8.04. The van der Waals surface area contributed by atoms with Gasteiger partial charge in [-0.05, 0) is 61.4 Å². The number of nitrogens with zero attached hydrogens (tertiary/aromatic N) is 1. The number of piperidine rings is 1. The van der Waals surface area contributed by atoms with Gasteiger partial charge in [-0.2, -0.15) is 0 Å². The van der Waals surface area contributed by atoms with Crippen LogP contribution in [0.5, 0.6) is 0 Å². The highest BCUT2D eigenvalue weighted by Gasteiger charge is 2.40. The standard InChI is InChI=1S/C21H26ClN3/c22-20-7-6-16(14-24-20)13-21(8-10-23-11-9-21)15-25-19-12-18(19)17-4-2-1-3-5-17/h1-7,14,18-19,23,25H,8-13,15H2/t18?,19-/m1/s1. The number of benzene rings is 1. The average Bonchev–Trinajstić information content (AvgIpc) is 3.44. The maximum Gasteiger partial charge on any atom is 0.129 e. The smallest absolute Gasteiger partial charge is 0.129 e. The zero-order valence-corrected chi connectivity index (χ0v) is 15.3. The molecule has 4 heteroatoms. The zero-order valence-electron chi connectivity index (χ0n) is 14.5. The number of hydrogen-bond acceptors (Lipinski definition) is 3. The van der Waals surface area contributed by atoms with E-state index in [9.17, 15) is 0 Å². The predicted molar refractivity (Wildman–Crippen MR) is 103 cm³/mol. The summed E-state index contributed by atoms with van der Waals surface area (Å²) in [7, 11) is 0. The average molecular weight is 356 g/mol. The van der Waals surface area contributed by atoms with E-state index in [1.807, 2.05) is 12.3 Å². The van der Waals surface area contributed by atoms with E-state index in [0.717, 1.165) is 26.1 Å². The molecule has 1 aliphatic carbocycles. The van der Waals surface area contributed by atoms with E-state index in [1.54, 1.807) is 0 Å². The fraction of sp³-hybridized carbons (Fsp3) is 0.476. The molecule has 1 aromatic heterocycles. The van der Waals surface area contributed by atoms with Crippen molar-refractivity contribution in [1.82, 2.24) is 15.6 Å². The Balaban J connectivity index is 1.39. The lowest BCUT2D eigenvalue weighted by Crippen LogP contribution is -2.45. The molecule has 2 atom stereocenters. The summed E-state index contributed by atoms with van der Waals surface area (Å²) in [6.07, 6.45) is 6.71. The number of halogens is 1. The van der Waals surface area contributed by atoms with Crippen LogP contribution in [-0.4, -0.2) is 30.7 Å². The van der Waals surface area contributed by atoms with Crippen molar-refractivity contribution in [3.63, 3.8) is 0 Å². The van der Waals surface area contributed by atoms with Gasteiger partial charge in [0.1, 0.15) is 5.15 Å². The lowest BCUT2D eigenvalue weighted by atomic mass is 9.74. The summed E-state index contributed by atoms with van der Waals surface area (Å²) in [5.74, 6) is 0.692. The van der Waals surface area contributed by atoms with Gasteiger partial charge in [-0.15, -0.1) is 0 Å². The van der Waals surface area contributed by atoms with Gasteiger partial charge >= 0.3 is 0 Å². The van der Waals surface area contributed by atoms with E-state index >= 15 is 0 Å². The van der Waals surface area contributed by atoms with Crippen molar-refractivity contribution >= 4 is 11.6 Å². The molecular formula is C21H26ClN3. The molecule has 0 spiro atoms. The Hall–Kier alpha value is -1.42. The number of rotatable bonds is 6. The summed E-state index contributed by atoms with van der Waals surface area (Å²) in [4.78, 5) is 4.26. The molecule has 0 amide bonds. The number of pyridine rings is 1. The largest absolute Gasteiger partial charge is 0.317 e. The van der Waals surface area contributed by atoms with Gasteiger partial charge in [0, 0.05) is 24.7 Å². The summed E-state index contributed by atoms with van der Waals surface area (Å²) >= 11 is 5.94. The molecule has 2 heterocycles. The van der Waals surface area contributed by atoms with E-state index in [1.165, 1.54) is 30.4 Å². The lowest BCUT2D eigenvalue weighted by molar-refractivity contribution is 0.191. The first-order chi connectivity index (χ1) is 12.2. The number of aromatic nitrogens is 1. The third kappa shape index (κ3) is 4.22. The van der Waals surface area contributed by atoms with E-state index in [-0.39, 0.29) is 0 Å². The van der Waals surface area contributed by atoms with Crippen LogP contribution in [0.4, 0.5) is 0 Å². The predicted octanol–water partition coefficient (Wildman–Crippen LogP) is 3.79. The number of hydrogen-bond donors (Lipinski definition) is 2. The Bertz CT molecular complexity index is 680. The van der Waals surface area contributed by atoms with E-state index in [2.05, 4.69) is 52.0 Å². The van der Waals surface area contributed by atoms with Gasteiger partial charge in [0.2, 0.25) is 0 Å². The van der Waals surface area contributed by atoms with Crippen molar-refractivity contribution in [3.8, 4) is 0 Å². The van der Waals surface area contributed by atoms with Crippen LogP contribution in [0.2, 0.25) is 5.15 Å². The first-order valence-corrected chi connectivity index (χ1v) is 9.71. The van der Waals surface area contributed by atoms with Crippen molar-refractivity contribution in [3.05, 3.63) is 64.9 Å². The third-order valence-corrected chi connectivity index (χ3v) is 6.01. The maximum absolute atomic E-state index is 5.94. The van der Waals surface area contributed by atoms with Crippen LogP contribution in [0.15, 0.2) is 48.7 Å². The molecule has 4 rings (SSSR count). The fourth-order valence-corrected chi connectivity index (χ4v) is 4.27. The van der Waals surface area contributed by atoms with Crippen LogP contribution in [0.25, 0.3) is 0 Å². The molecule has 1 saturated carbocycles. The lowest BCUT2D eigenvalue weighted by Gasteiger charge is -2.38.